The number of amides is 3. The van der Waals surface area contributed by atoms with Crippen LogP contribution in [0.5, 0.6) is 0 Å². The Hall–Kier alpha value is -2.75. The van der Waals surface area contributed by atoms with E-state index in [2.05, 4.69) is 28.8 Å². The molecule has 0 spiro atoms. The van der Waals surface area contributed by atoms with Crippen molar-refractivity contribution in [1.29, 1.82) is 0 Å². The Balaban J connectivity index is 1.14. The molecule has 4 aliphatic heterocycles. The van der Waals surface area contributed by atoms with E-state index in [4.69, 9.17) is 0 Å². The second kappa shape index (κ2) is 8.89. The molecule has 0 aromatic heterocycles. The third-order valence-corrected chi connectivity index (χ3v) is 8.66. The number of hydrogen-bond donors (Lipinski definition) is 4. The highest BCUT2D eigenvalue weighted by molar-refractivity contribution is 8.24. The van der Waals surface area contributed by atoms with Crippen molar-refractivity contribution in [1.82, 2.24) is 20.4 Å². The average molecular weight is 471 g/mol. The lowest BCUT2D eigenvalue weighted by Crippen LogP contribution is -2.41. The Morgan fingerprint density at radius 1 is 1.06 bits per heavy atom. The molecule has 1 fully saturated rings. The van der Waals surface area contributed by atoms with Crippen LogP contribution >= 0.6 is 10.6 Å². The highest BCUT2D eigenvalue weighted by atomic mass is 32.3. The lowest BCUT2D eigenvalue weighted by molar-refractivity contribution is -0.134. The van der Waals surface area contributed by atoms with E-state index in [0.29, 0.717) is 50.7 Å². The van der Waals surface area contributed by atoms with Crippen LogP contribution in [0.4, 0.5) is 4.79 Å². The van der Waals surface area contributed by atoms with Gasteiger partial charge in [0.15, 0.2) is 0 Å². The maximum absolute atomic E-state index is 12.7. The molecule has 176 valence electrons. The highest BCUT2D eigenvalue weighted by Crippen LogP contribution is 2.48. The van der Waals surface area contributed by atoms with E-state index in [1.807, 2.05) is 29.2 Å². The van der Waals surface area contributed by atoms with Crippen molar-refractivity contribution in [3.05, 3.63) is 70.6 Å². The first-order chi connectivity index (χ1) is 15.9. The summed E-state index contributed by atoms with van der Waals surface area (Å²) in [7, 11) is -2.56. The smallest absolute Gasteiger partial charge is 0.323 e. The molecule has 1 saturated heterocycles. The largest absolute Gasteiger partial charge is 0.367 e. The summed E-state index contributed by atoms with van der Waals surface area (Å²) in [4.78, 5) is 29.0. The van der Waals surface area contributed by atoms with Crippen LogP contribution in [0.25, 0.3) is 0 Å². The van der Waals surface area contributed by atoms with Crippen molar-refractivity contribution in [2.45, 2.75) is 25.9 Å². The summed E-state index contributed by atoms with van der Waals surface area (Å²) in [6.07, 6.45) is 7.33. The fourth-order valence-corrected chi connectivity index (χ4v) is 6.69. The minimum absolute atomic E-state index is 0.0347. The molecule has 33 heavy (non-hydrogen) atoms. The lowest BCUT2D eigenvalue weighted by Gasteiger charge is -2.31. The first-order valence-electron chi connectivity index (χ1n) is 11.4. The predicted molar refractivity (Wildman–Crippen MR) is 128 cm³/mol. The van der Waals surface area contributed by atoms with Gasteiger partial charge in [0, 0.05) is 44.2 Å². The minimum atomic E-state index is -2.56. The van der Waals surface area contributed by atoms with Crippen LogP contribution in [0.3, 0.4) is 0 Å². The van der Waals surface area contributed by atoms with E-state index < -0.39 is 10.6 Å². The van der Waals surface area contributed by atoms with E-state index in [9.17, 15) is 18.7 Å². The number of urea groups is 1. The number of nitrogens with zero attached hydrogens (tertiary/aromatic N) is 2. The molecule has 1 aromatic rings. The van der Waals surface area contributed by atoms with Crippen LogP contribution in [0, 0.1) is 5.92 Å². The van der Waals surface area contributed by atoms with Gasteiger partial charge in [-0.25, -0.2) is 4.79 Å². The molecular formula is C24H30N4O4S. The van der Waals surface area contributed by atoms with Gasteiger partial charge < -0.3 is 15.1 Å². The number of rotatable bonds is 3. The molecule has 8 nitrogen and oxygen atoms in total. The molecule has 3 amide bonds. The van der Waals surface area contributed by atoms with E-state index in [-0.39, 0.29) is 23.6 Å². The molecule has 0 radical (unpaired) electrons. The number of benzene rings is 1. The van der Waals surface area contributed by atoms with Gasteiger partial charge in [0.25, 0.3) is 0 Å². The number of dihydropyridines is 1. The summed E-state index contributed by atoms with van der Waals surface area (Å²) in [5, 5.41) is 6.25. The van der Waals surface area contributed by atoms with Crippen molar-refractivity contribution in [3.63, 3.8) is 0 Å². The van der Waals surface area contributed by atoms with Crippen LogP contribution in [0.15, 0.2) is 59.5 Å². The Bertz CT molecular complexity index is 1040. The van der Waals surface area contributed by atoms with Crippen LogP contribution in [-0.4, -0.2) is 62.0 Å². The summed E-state index contributed by atoms with van der Waals surface area (Å²) in [6.45, 7) is 3.05. The van der Waals surface area contributed by atoms with Crippen molar-refractivity contribution < 1.29 is 18.7 Å². The molecule has 1 unspecified atom stereocenters. The highest BCUT2D eigenvalue weighted by Gasteiger charge is 2.36. The fourth-order valence-electron chi connectivity index (χ4n) is 4.90. The fraction of sp³-hybridized carbons (Fsp3) is 0.417. The molecule has 0 saturated carbocycles. The molecule has 5 rings (SSSR count). The number of carbonyl (C=O) groups excluding carboxylic acids is 2. The zero-order valence-corrected chi connectivity index (χ0v) is 19.3. The maximum Gasteiger partial charge on any atom is 0.323 e. The van der Waals surface area contributed by atoms with Crippen molar-refractivity contribution >= 4 is 22.5 Å². The molecule has 1 aromatic carbocycles. The quantitative estimate of drug-likeness (QED) is 0.544. The topological polar surface area (TPSA) is 105 Å². The normalized spacial score (nSPS) is 24.8. The van der Waals surface area contributed by atoms with E-state index in [1.165, 1.54) is 16.7 Å². The lowest BCUT2D eigenvalue weighted by atomic mass is 9.96. The van der Waals surface area contributed by atoms with Gasteiger partial charge in [-0.05, 0) is 41.2 Å². The summed E-state index contributed by atoms with van der Waals surface area (Å²) >= 11 is 0. The summed E-state index contributed by atoms with van der Waals surface area (Å²) < 4.78 is 19.6. The van der Waals surface area contributed by atoms with E-state index in [0.717, 1.165) is 12.0 Å². The van der Waals surface area contributed by atoms with Gasteiger partial charge in [-0.15, -0.1) is 0 Å². The van der Waals surface area contributed by atoms with Crippen LogP contribution in [0.1, 0.15) is 24.0 Å². The molecule has 1 atom stereocenters. The summed E-state index contributed by atoms with van der Waals surface area (Å²) in [5.74, 6) is 1.00. The maximum atomic E-state index is 12.7. The Labute approximate surface area is 195 Å². The molecule has 0 aliphatic carbocycles. The Morgan fingerprint density at radius 3 is 2.39 bits per heavy atom. The number of allylic oxidation sites excluding steroid dienone is 2. The van der Waals surface area contributed by atoms with Crippen LogP contribution in [-0.2, 0) is 17.9 Å². The van der Waals surface area contributed by atoms with Crippen LogP contribution in [0.2, 0.25) is 0 Å². The Kier molecular flexibility index (Phi) is 5.94. The van der Waals surface area contributed by atoms with Crippen molar-refractivity contribution in [3.8, 4) is 0 Å². The first kappa shape index (κ1) is 22.1. The van der Waals surface area contributed by atoms with Gasteiger partial charge in [0.2, 0.25) is 5.91 Å². The summed E-state index contributed by atoms with van der Waals surface area (Å²) in [5.41, 5.74) is 4.75. The Morgan fingerprint density at radius 2 is 1.82 bits per heavy atom. The van der Waals surface area contributed by atoms with Gasteiger partial charge in [-0.2, -0.15) is 10.6 Å². The van der Waals surface area contributed by atoms with E-state index in [1.54, 1.807) is 4.90 Å². The van der Waals surface area contributed by atoms with Gasteiger partial charge >= 0.3 is 6.03 Å². The molecule has 9 heteroatoms. The first-order valence-corrected chi connectivity index (χ1v) is 13.3. The van der Waals surface area contributed by atoms with Gasteiger partial charge in [0.05, 0.1) is 5.92 Å². The number of fused-ring (bicyclic) bond motifs is 1. The standard InChI is InChI=1S/C24H30N4O4S/c29-23(21-9-12-33(31,32)16-21)27-10-7-17(8-11-27)18-5-6-22(25-13-18)26-24(30)28-14-19-3-1-2-4-20(19)15-28/h1-7,21,25,31-32H,8-16H2,(H,26,30). The van der Waals surface area contributed by atoms with Crippen molar-refractivity contribution in [2.24, 2.45) is 5.92 Å². The molecular weight excluding hydrogens is 440 g/mol. The average Bonchev–Trinajstić information content (AvgIpc) is 3.42. The zero-order chi connectivity index (χ0) is 23.0. The van der Waals surface area contributed by atoms with E-state index >= 15 is 0 Å². The SMILES string of the molecule is O=C(NC1=CC=C(C2=CCN(C(=O)C3CCS(O)(O)C3)CC2)CN1)N1Cc2ccccc2C1. The minimum Gasteiger partial charge on any atom is -0.367 e. The number of carbonyl (C=O) groups is 2. The summed E-state index contributed by atoms with van der Waals surface area (Å²) in [6, 6.07) is 8.00. The van der Waals surface area contributed by atoms with Crippen LogP contribution < -0.4 is 10.6 Å². The van der Waals surface area contributed by atoms with Crippen molar-refractivity contribution in [2.75, 3.05) is 31.1 Å². The second-order valence-corrected chi connectivity index (χ2v) is 11.4. The molecule has 4 heterocycles. The van der Waals surface area contributed by atoms with Gasteiger partial charge in [0.1, 0.15) is 5.82 Å². The van der Waals surface area contributed by atoms with Gasteiger partial charge in [-0.1, -0.05) is 36.4 Å². The zero-order valence-electron chi connectivity index (χ0n) is 18.5. The molecule has 0 bridgehead atoms. The monoisotopic (exact) mass is 470 g/mol. The number of hydrogen-bond acceptors (Lipinski definition) is 5. The molecule has 4 aliphatic rings. The van der Waals surface area contributed by atoms with Gasteiger partial charge in [-0.3, -0.25) is 19.2 Å². The molecule has 4 N–H and O–H groups in total. The second-order valence-electron chi connectivity index (χ2n) is 9.10. The third kappa shape index (κ3) is 4.80. The predicted octanol–water partition coefficient (Wildman–Crippen LogP) is 3.01. The third-order valence-electron chi connectivity index (χ3n) is 6.83. The number of nitrogens with one attached hydrogen (secondary N) is 2.